The van der Waals surface area contributed by atoms with Crippen molar-refractivity contribution in [3.8, 4) is 0 Å². The molecule has 2 heterocycles. The molecule has 7 heteroatoms. The molecule has 0 saturated carbocycles. The van der Waals surface area contributed by atoms with Crippen LogP contribution in [0.1, 0.15) is 12.0 Å². The van der Waals surface area contributed by atoms with Gasteiger partial charge >= 0.3 is 6.18 Å². The topological polar surface area (TPSA) is 19.4 Å². The Kier molecular flexibility index (Phi) is 4.20. The van der Waals surface area contributed by atoms with Crippen LogP contribution in [0.25, 0.3) is 0 Å². The smallest absolute Gasteiger partial charge is 0.355 e. The maximum absolute atomic E-state index is 12.7. The molecule has 3 nitrogen and oxygen atoms in total. The van der Waals surface area contributed by atoms with Crippen LogP contribution in [0.2, 0.25) is 5.15 Å². The van der Waals surface area contributed by atoms with E-state index in [0.717, 1.165) is 31.6 Å². The van der Waals surface area contributed by atoms with E-state index < -0.39 is 11.7 Å². The molecule has 106 valence electrons. The van der Waals surface area contributed by atoms with Crippen molar-refractivity contribution in [1.82, 2.24) is 9.88 Å². The Morgan fingerprint density at radius 1 is 1.16 bits per heavy atom. The second-order valence-electron chi connectivity index (χ2n) is 4.68. The van der Waals surface area contributed by atoms with Crippen LogP contribution in [-0.4, -0.2) is 43.1 Å². The van der Waals surface area contributed by atoms with Crippen LogP contribution in [0.4, 0.5) is 19.0 Å². The fourth-order valence-corrected chi connectivity index (χ4v) is 2.29. The Bertz CT molecular complexity index is 450. The molecule has 1 saturated heterocycles. The Morgan fingerprint density at radius 2 is 1.89 bits per heavy atom. The third kappa shape index (κ3) is 3.73. The van der Waals surface area contributed by atoms with Gasteiger partial charge in [0.15, 0.2) is 0 Å². The summed E-state index contributed by atoms with van der Waals surface area (Å²) in [5.41, 5.74) is -0.750. The number of likely N-dealkylation sites (N-methyl/N-ethyl adjacent to an activating group) is 1. The van der Waals surface area contributed by atoms with Crippen LogP contribution in [-0.2, 0) is 6.18 Å². The summed E-state index contributed by atoms with van der Waals surface area (Å²) in [6.45, 7) is 3.08. The lowest BCUT2D eigenvalue weighted by atomic mass is 10.2. The Morgan fingerprint density at radius 3 is 2.58 bits per heavy atom. The minimum Gasteiger partial charge on any atom is -0.355 e. The third-order valence-corrected chi connectivity index (χ3v) is 3.35. The van der Waals surface area contributed by atoms with Crippen molar-refractivity contribution < 1.29 is 13.2 Å². The largest absolute Gasteiger partial charge is 0.416 e. The van der Waals surface area contributed by atoms with Crippen LogP contribution in [0, 0.1) is 0 Å². The van der Waals surface area contributed by atoms with Gasteiger partial charge in [-0.25, -0.2) is 4.98 Å². The number of alkyl halides is 3. The number of anilines is 1. The van der Waals surface area contributed by atoms with Gasteiger partial charge in [0.2, 0.25) is 0 Å². The molecule has 19 heavy (non-hydrogen) atoms. The van der Waals surface area contributed by atoms with Gasteiger partial charge < -0.3 is 9.80 Å². The maximum Gasteiger partial charge on any atom is 0.416 e. The normalized spacial score (nSPS) is 18.5. The van der Waals surface area contributed by atoms with Gasteiger partial charge in [-0.1, -0.05) is 11.6 Å². The van der Waals surface area contributed by atoms with Crippen LogP contribution in [0.5, 0.6) is 0 Å². The lowest BCUT2D eigenvalue weighted by Crippen LogP contribution is -2.29. The minimum absolute atomic E-state index is 0.123. The zero-order valence-corrected chi connectivity index (χ0v) is 11.3. The Labute approximate surface area is 115 Å². The van der Waals surface area contributed by atoms with Gasteiger partial charge in [-0.3, -0.25) is 0 Å². The van der Waals surface area contributed by atoms with Crippen molar-refractivity contribution in [2.45, 2.75) is 12.6 Å². The molecule has 2 rings (SSSR count). The fourth-order valence-electron chi connectivity index (χ4n) is 2.08. The van der Waals surface area contributed by atoms with Gasteiger partial charge in [-0.15, -0.1) is 0 Å². The lowest BCUT2D eigenvalue weighted by Gasteiger charge is -2.22. The van der Waals surface area contributed by atoms with E-state index in [0.29, 0.717) is 18.9 Å². The maximum atomic E-state index is 12.7. The molecular weight excluding hydrogens is 279 g/mol. The zero-order chi connectivity index (χ0) is 14.0. The lowest BCUT2D eigenvalue weighted by molar-refractivity contribution is -0.137. The van der Waals surface area contributed by atoms with Gasteiger partial charge in [-0.05, 0) is 32.1 Å². The summed E-state index contributed by atoms with van der Waals surface area (Å²) in [4.78, 5) is 8.01. The second kappa shape index (κ2) is 5.54. The van der Waals surface area contributed by atoms with Gasteiger partial charge in [0.1, 0.15) is 11.0 Å². The van der Waals surface area contributed by atoms with Crippen LogP contribution < -0.4 is 4.90 Å². The molecule has 1 aromatic rings. The van der Waals surface area contributed by atoms with Gasteiger partial charge in [0.05, 0.1) is 5.56 Å². The highest BCUT2D eigenvalue weighted by Crippen LogP contribution is 2.32. The SMILES string of the molecule is CN1CCCN(c2cc(C(F)(F)F)cc(Cl)n2)CC1. The van der Waals surface area contributed by atoms with Crippen molar-refractivity contribution in [2.24, 2.45) is 0 Å². The molecule has 1 aromatic heterocycles. The van der Waals surface area contributed by atoms with Crippen LogP contribution in [0.3, 0.4) is 0 Å². The molecule has 0 N–H and O–H groups in total. The first kappa shape index (κ1) is 14.4. The number of hydrogen-bond donors (Lipinski definition) is 0. The van der Waals surface area contributed by atoms with Crippen molar-refractivity contribution >= 4 is 17.4 Å². The predicted octanol–water partition coefficient (Wildman–Crippen LogP) is 2.90. The summed E-state index contributed by atoms with van der Waals surface area (Å²) >= 11 is 5.70. The van der Waals surface area contributed by atoms with E-state index in [1.165, 1.54) is 0 Å². The number of aromatic nitrogens is 1. The summed E-state index contributed by atoms with van der Waals surface area (Å²) < 4.78 is 38.2. The second-order valence-corrected chi connectivity index (χ2v) is 5.07. The number of hydrogen-bond acceptors (Lipinski definition) is 3. The molecule has 0 aromatic carbocycles. The highest BCUT2D eigenvalue weighted by molar-refractivity contribution is 6.29. The number of rotatable bonds is 1. The zero-order valence-electron chi connectivity index (χ0n) is 10.5. The molecular formula is C12H15ClF3N3. The highest BCUT2D eigenvalue weighted by atomic mass is 35.5. The van der Waals surface area contributed by atoms with E-state index in [1.54, 1.807) is 0 Å². The van der Waals surface area contributed by atoms with Gasteiger partial charge in [0.25, 0.3) is 0 Å². The minimum atomic E-state index is -4.40. The fraction of sp³-hybridized carbons (Fsp3) is 0.583. The molecule has 1 fully saturated rings. The van der Waals surface area contributed by atoms with Crippen molar-refractivity contribution in [3.05, 3.63) is 22.8 Å². The first-order chi connectivity index (χ1) is 8.86. The monoisotopic (exact) mass is 293 g/mol. The average Bonchev–Trinajstić information content (AvgIpc) is 2.52. The van der Waals surface area contributed by atoms with Crippen LogP contribution in [0.15, 0.2) is 12.1 Å². The van der Waals surface area contributed by atoms with E-state index in [9.17, 15) is 13.2 Å². The number of nitrogens with zero attached hydrogens (tertiary/aromatic N) is 3. The molecule has 0 unspecified atom stereocenters. The van der Waals surface area contributed by atoms with E-state index >= 15 is 0 Å². The van der Waals surface area contributed by atoms with Crippen molar-refractivity contribution in [1.29, 1.82) is 0 Å². The quantitative estimate of drug-likeness (QED) is 0.742. The molecule has 0 radical (unpaired) electrons. The van der Waals surface area contributed by atoms with Gasteiger partial charge in [0, 0.05) is 19.6 Å². The van der Waals surface area contributed by atoms with Crippen molar-refractivity contribution in [3.63, 3.8) is 0 Å². The van der Waals surface area contributed by atoms with E-state index in [1.807, 2.05) is 11.9 Å². The van der Waals surface area contributed by atoms with E-state index in [2.05, 4.69) is 9.88 Å². The number of pyridine rings is 1. The summed E-state index contributed by atoms with van der Waals surface area (Å²) in [5, 5.41) is -0.123. The van der Waals surface area contributed by atoms with E-state index in [4.69, 9.17) is 11.6 Å². The summed E-state index contributed by atoms with van der Waals surface area (Å²) in [6.07, 6.45) is -3.50. The molecule has 1 aliphatic heterocycles. The molecule has 0 amide bonds. The average molecular weight is 294 g/mol. The summed E-state index contributed by atoms with van der Waals surface area (Å²) in [5.74, 6) is 0.301. The number of halogens is 4. The third-order valence-electron chi connectivity index (χ3n) is 3.15. The first-order valence-corrected chi connectivity index (χ1v) is 6.42. The first-order valence-electron chi connectivity index (χ1n) is 6.04. The standard InChI is InChI=1S/C12H15ClF3N3/c1-18-3-2-4-19(6-5-18)11-8-9(12(14,15)16)7-10(13)17-11/h7-8H,2-6H2,1H3. The molecule has 0 bridgehead atoms. The van der Waals surface area contributed by atoms with Crippen LogP contribution >= 0.6 is 11.6 Å². The molecule has 0 aliphatic carbocycles. The summed E-state index contributed by atoms with van der Waals surface area (Å²) in [6, 6.07) is 1.92. The highest BCUT2D eigenvalue weighted by Gasteiger charge is 2.32. The van der Waals surface area contributed by atoms with Crippen molar-refractivity contribution in [2.75, 3.05) is 38.1 Å². The Hall–Kier alpha value is -1.01. The summed E-state index contributed by atoms with van der Waals surface area (Å²) in [7, 11) is 2.00. The molecule has 0 atom stereocenters. The predicted molar refractivity (Wildman–Crippen MR) is 68.6 cm³/mol. The van der Waals surface area contributed by atoms with E-state index in [-0.39, 0.29) is 5.15 Å². The molecule has 1 aliphatic rings. The Balaban J connectivity index is 2.26. The van der Waals surface area contributed by atoms with Gasteiger partial charge in [-0.2, -0.15) is 13.2 Å². The molecule has 0 spiro atoms.